The summed E-state index contributed by atoms with van der Waals surface area (Å²) in [6.45, 7) is 6.88. The number of fused-ring (bicyclic) bond motifs is 1. The molecular weight excluding hydrogens is 260 g/mol. The topological polar surface area (TPSA) is 34.1 Å². The lowest BCUT2D eigenvalue weighted by atomic mass is 10.1. The minimum absolute atomic E-state index is 0.435. The highest BCUT2D eigenvalue weighted by Crippen LogP contribution is 2.13. The van der Waals surface area contributed by atoms with Crippen molar-refractivity contribution in [1.82, 2.24) is 10.3 Å². The molecule has 1 atom stereocenters. The molecule has 114 valence electrons. The van der Waals surface area contributed by atoms with Gasteiger partial charge in [0.1, 0.15) is 0 Å². The van der Waals surface area contributed by atoms with Gasteiger partial charge in [-0.2, -0.15) is 0 Å². The molecule has 0 aliphatic carbocycles. The first kappa shape index (κ1) is 15.9. The number of nitrogens with zero attached hydrogens (tertiary/aromatic N) is 1. The van der Waals surface area contributed by atoms with Crippen molar-refractivity contribution in [2.75, 3.05) is 19.8 Å². The van der Waals surface area contributed by atoms with E-state index in [-0.39, 0.29) is 0 Å². The fourth-order valence-electron chi connectivity index (χ4n) is 2.47. The van der Waals surface area contributed by atoms with Crippen molar-refractivity contribution in [3.8, 4) is 0 Å². The van der Waals surface area contributed by atoms with Gasteiger partial charge >= 0.3 is 0 Å². The van der Waals surface area contributed by atoms with E-state index in [9.17, 15) is 0 Å². The molecule has 3 nitrogen and oxygen atoms in total. The van der Waals surface area contributed by atoms with Gasteiger partial charge in [0.15, 0.2) is 0 Å². The quantitative estimate of drug-likeness (QED) is 0.716. The monoisotopic (exact) mass is 286 g/mol. The van der Waals surface area contributed by atoms with Gasteiger partial charge in [-0.15, -0.1) is 0 Å². The second-order valence-electron chi connectivity index (χ2n) is 5.34. The van der Waals surface area contributed by atoms with Crippen LogP contribution in [0.4, 0.5) is 0 Å². The lowest BCUT2D eigenvalue weighted by Crippen LogP contribution is -2.33. The third-order valence-corrected chi connectivity index (χ3v) is 3.61. The summed E-state index contributed by atoms with van der Waals surface area (Å²) in [5.74, 6) is 0. The Bertz CT molecular complexity index is 541. The van der Waals surface area contributed by atoms with E-state index < -0.39 is 0 Å². The van der Waals surface area contributed by atoms with Crippen molar-refractivity contribution >= 4 is 10.9 Å². The molecule has 3 heteroatoms. The number of para-hydroxylation sites is 1. The van der Waals surface area contributed by atoms with Crippen molar-refractivity contribution in [1.29, 1.82) is 0 Å². The van der Waals surface area contributed by atoms with Crippen LogP contribution in [0.2, 0.25) is 0 Å². The highest BCUT2D eigenvalue weighted by molar-refractivity contribution is 5.78. The Morgan fingerprint density at radius 2 is 2.00 bits per heavy atom. The third kappa shape index (κ3) is 5.10. The SMILES string of the molecule is CCCNC(CCOCC)Cc1ccc2ccccc2n1. The van der Waals surface area contributed by atoms with Crippen LogP contribution in [0.15, 0.2) is 36.4 Å². The number of aromatic nitrogens is 1. The average Bonchev–Trinajstić information content (AvgIpc) is 2.52. The Kier molecular flexibility index (Phi) is 6.64. The van der Waals surface area contributed by atoms with E-state index in [4.69, 9.17) is 9.72 Å². The van der Waals surface area contributed by atoms with Gasteiger partial charge in [0.2, 0.25) is 0 Å². The van der Waals surface area contributed by atoms with Gasteiger partial charge in [0.25, 0.3) is 0 Å². The summed E-state index contributed by atoms with van der Waals surface area (Å²) in [7, 11) is 0. The van der Waals surface area contributed by atoms with Crippen LogP contribution in [-0.2, 0) is 11.2 Å². The first-order valence-electron chi connectivity index (χ1n) is 7.99. The van der Waals surface area contributed by atoms with Crippen molar-refractivity contribution in [2.24, 2.45) is 0 Å². The van der Waals surface area contributed by atoms with E-state index in [1.165, 1.54) is 5.39 Å². The van der Waals surface area contributed by atoms with Crippen molar-refractivity contribution in [2.45, 2.75) is 39.2 Å². The molecule has 21 heavy (non-hydrogen) atoms. The first-order valence-corrected chi connectivity index (χ1v) is 7.99. The lowest BCUT2D eigenvalue weighted by Gasteiger charge is -2.18. The predicted molar refractivity (Wildman–Crippen MR) is 88.6 cm³/mol. The minimum Gasteiger partial charge on any atom is -0.382 e. The van der Waals surface area contributed by atoms with E-state index >= 15 is 0 Å². The molecule has 0 saturated carbocycles. The molecule has 0 aliphatic rings. The Hall–Kier alpha value is -1.45. The highest BCUT2D eigenvalue weighted by atomic mass is 16.5. The highest BCUT2D eigenvalue weighted by Gasteiger charge is 2.10. The van der Waals surface area contributed by atoms with Gasteiger partial charge in [-0.05, 0) is 38.4 Å². The van der Waals surface area contributed by atoms with Crippen molar-refractivity contribution in [3.63, 3.8) is 0 Å². The normalized spacial score (nSPS) is 12.7. The summed E-state index contributed by atoms with van der Waals surface area (Å²) in [4.78, 5) is 4.77. The number of ether oxygens (including phenoxy) is 1. The number of hydrogen-bond donors (Lipinski definition) is 1. The minimum atomic E-state index is 0.435. The molecule has 2 rings (SSSR count). The number of hydrogen-bond acceptors (Lipinski definition) is 3. The molecule has 1 aromatic heterocycles. The molecule has 0 radical (unpaired) electrons. The van der Waals surface area contributed by atoms with E-state index in [0.29, 0.717) is 6.04 Å². The molecule has 0 fully saturated rings. The molecule has 1 unspecified atom stereocenters. The van der Waals surface area contributed by atoms with Gasteiger partial charge in [-0.1, -0.05) is 31.2 Å². The number of nitrogens with one attached hydrogen (secondary N) is 1. The van der Waals surface area contributed by atoms with Crippen LogP contribution in [0.5, 0.6) is 0 Å². The second kappa shape index (κ2) is 8.75. The summed E-state index contributed by atoms with van der Waals surface area (Å²) in [5.41, 5.74) is 2.23. The predicted octanol–water partition coefficient (Wildman–Crippen LogP) is 3.57. The van der Waals surface area contributed by atoms with Crippen LogP contribution in [0, 0.1) is 0 Å². The fourth-order valence-corrected chi connectivity index (χ4v) is 2.47. The Balaban J connectivity index is 2.01. The lowest BCUT2D eigenvalue weighted by molar-refractivity contribution is 0.136. The van der Waals surface area contributed by atoms with Gasteiger partial charge in [-0.25, -0.2) is 0 Å². The largest absolute Gasteiger partial charge is 0.382 e. The van der Waals surface area contributed by atoms with E-state index in [1.807, 2.05) is 13.0 Å². The zero-order valence-electron chi connectivity index (χ0n) is 13.1. The van der Waals surface area contributed by atoms with Crippen LogP contribution in [0.25, 0.3) is 10.9 Å². The van der Waals surface area contributed by atoms with Crippen LogP contribution >= 0.6 is 0 Å². The van der Waals surface area contributed by atoms with E-state index in [0.717, 1.165) is 50.2 Å². The molecule has 0 saturated heterocycles. The zero-order chi connectivity index (χ0) is 14.9. The van der Waals surface area contributed by atoms with Crippen LogP contribution in [0.1, 0.15) is 32.4 Å². The van der Waals surface area contributed by atoms with Crippen LogP contribution < -0.4 is 5.32 Å². The van der Waals surface area contributed by atoms with E-state index in [1.54, 1.807) is 0 Å². The molecular formula is C18H26N2O. The van der Waals surface area contributed by atoms with Crippen molar-refractivity contribution < 1.29 is 4.74 Å². The fraction of sp³-hybridized carbons (Fsp3) is 0.500. The summed E-state index contributed by atoms with van der Waals surface area (Å²) in [5, 5.41) is 4.81. The van der Waals surface area contributed by atoms with Gasteiger partial charge < -0.3 is 10.1 Å². The molecule has 0 bridgehead atoms. The van der Waals surface area contributed by atoms with Crippen LogP contribution in [-0.4, -0.2) is 30.8 Å². The first-order chi connectivity index (χ1) is 10.3. The van der Waals surface area contributed by atoms with E-state index in [2.05, 4.69) is 42.6 Å². The summed E-state index contributed by atoms with van der Waals surface area (Å²) in [6, 6.07) is 13.0. The number of rotatable bonds is 9. The molecule has 0 aliphatic heterocycles. The zero-order valence-corrected chi connectivity index (χ0v) is 13.1. The van der Waals surface area contributed by atoms with Crippen molar-refractivity contribution in [3.05, 3.63) is 42.1 Å². The maximum atomic E-state index is 5.49. The van der Waals surface area contributed by atoms with Gasteiger partial charge in [0, 0.05) is 36.8 Å². The smallest absolute Gasteiger partial charge is 0.0705 e. The van der Waals surface area contributed by atoms with Gasteiger partial charge in [0.05, 0.1) is 5.52 Å². The Morgan fingerprint density at radius 3 is 2.81 bits per heavy atom. The number of pyridine rings is 1. The molecule has 0 spiro atoms. The Labute approximate surface area is 127 Å². The maximum absolute atomic E-state index is 5.49. The molecule has 1 heterocycles. The number of benzene rings is 1. The molecule has 0 amide bonds. The van der Waals surface area contributed by atoms with Gasteiger partial charge in [-0.3, -0.25) is 4.98 Å². The average molecular weight is 286 g/mol. The maximum Gasteiger partial charge on any atom is 0.0705 e. The molecule has 2 aromatic rings. The molecule has 1 aromatic carbocycles. The standard InChI is InChI=1S/C18H26N2O/c1-3-12-19-16(11-13-21-4-2)14-17-10-9-15-7-5-6-8-18(15)20-17/h5-10,16,19H,3-4,11-14H2,1-2H3. The summed E-state index contributed by atoms with van der Waals surface area (Å²) < 4.78 is 5.49. The second-order valence-corrected chi connectivity index (χ2v) is 5.34. The summed E-state index contributed by atoms with van der Waals surface area (Å²) >= 11 is 0. The van der Waals surface area contributed by atoms with Crippen LogP contribution in [0.3, 0.4) is 0 Å². The summed E-state index contributed by atoms with van der Waals surface area (Å²) in [6.07, 6.45) is 3.14. The Morgan fingerprint density at radius 1 is 1.14 bits per heavy atom. The molecule has 1 N–H and O–H groups in total. The third-order valence-electron chi connectivity index (χ3n) is 3.61.